The quantitative estimate of drug-likeness (QED) is 0.570. The second-order valence-corrected chi connectivity index (χ2v) is 4.85. The van der Waals surface area contributed by atoms with Gasteiger partial charge in [0.2, 0.25) is 10.9 Å². The van der Waals surface area contributed by atoms with E-state index in [2.05, 4.69) is 9.46 Å². The second kappa shape index (κ2) is 7.37. The summed E-state index contributed by atoms with van der Waals surface area (Å²) in [6, 6.07) is 2.43. The van der Waals surface area contributed by atoms with E-state index in [1.54, 1.807) is 0 Å². The second-order valence-electron chi connectivity index (χ2n) is 3.15. The monoisotopic (exact) mass is 298 g/mol. The first kappa shape index (κ1) is 16.9. The number of halogens is 1. The molecule has 1 rings (SSSR count). The van der Waals surface area contributed by atoms with Crippen molar-refractivity contribution in [3.05, 3.63) is 17.9 Å². The molecule has 0 aliphatic carbocycles. The van der Waals surface area contributed by atoms with Crippen molar-refractivity contribution < 1.29 is 22.4 Å². The van der Waals surface area contributed by atoms with Gasteiger partial charge in [-0.1, -0.05) is 0 Å². The van der Waals surface area contributed by atoms with Crippen LogP contribution in [0.15, 0.2) is 21.6 Å². The molecule has 1 heterocycles. The van der Waals surface area contributed by atoms with E-state index in [9.17, 15) is 13.2 Å². The highest BCUT2D eigenvalue weighted by Crippen LogP contribution is 2.14. The molecular weight excluding hydrogens is 284 g/mol. The average molecular weight is 299 g/mol. The van der Waals surface area contributed by atoms with E-state index in [-0.39, 0.29) is 29.8 Å². The summed E-state index contributed by atoms with van der Waals surface area (Å²) in [5.74, 6) is -0.889. The Hall–Kier alpha value is -1.09. The summed E-state index contributed by atoms with van der Waals surface area (Å²) in [5.41, 5.74) is 5.24. The number of sulfonamides is 1. The van der Waals surface area contributed by atoms with E-state index in [0.717, 1.165) is 0 Å². The predicted octanol–water partition coefficient (Wildman–Crippen LogP) is 0.115. The summed E-state index contributed by atoms with van der Waals surface area (Å²) < 4.78 is 34.8. The fourth-order valence-electron chi connectivity index (χ4n) is 1.05. The summed E-state index contributed by atoms with van der Waals surface area (Å²) >= 11 is 0. The van der Waals surface area contributed by atoms with Gasteiger partial charge in [-0.2, -0.15) is 0 Å². The van der Waals surface area contributed by atoms with Crippen LogP contribution < -0.4 is 10.5 Å². The molecule has 0 fully saturated rings. The third-order valence-electron chi connectivity index (χ3n) is 1.91. The van der Waals surface area contributed by atoms with Crippen LogP contribution in [0.2, 0.25) is 0 Å². The number of hydrogen-bond acceptors (Lipinski definition) is 6. The Kier molecular flexibility index (Phi) is 6.92. The molecule has 0 aliphatic heterocycles. The number of carbonyl (C=O) groups excluding carboxylic acids is 1. The zero-order chi connectivity index (χ0) is 12.9. The predicted molar refractivity (Wildman–Crippen MR) is 66.2 cm³/mol. The van der Waals surface area contributed by atoms with Crippen molar-refractivity contribution in [2.24, 2.45) is 5.73 Å². The summed E-state index contributed by atoms with van der Waals surface area (Å²) in [6.07, 6.45) is 0.518. The van der Waals surface area contributed by atoms with Crippen molar-refractivity contribution in [3.63, 3.8) is 0 Å². The molecular formula is C9H15ClN2O5S. The summed E-state index contributed by atoms with van der Waals surface area (Å²) in [6.45, 7) is 0.598. The highest BCUT2D eigenvalue weighted by molar-refractivity contribution is 7.89. The SMILES string of the molecule is COC(=O)c1ccc(S(=O)(=O)NCCCN)o1.Cl. The van der Waals surface area contributed by atoms with Crippen LogP contribution in [0, 0.1) is 0 Å². The lowest BCUT2D eigenvalue weighted by Gasteiger charge is -2.02. The average Bonchev–Trinajstić information content (AvgIpc) is 2.78. The maximum atomic E-state index is 11.6. The molecule has 104 valence electrons. The number of esters is 1. The number of rotatable bonds is 6. The van der Waals surface area contributed by atoms with E-state index in [4.69, 9.17) is 10.2 Å². The normalized spacial score (nSPS) is 10.8. The molecule has 1 aromatic rings. The number of hydrogen-bond donors (Lipinski definition) is 2. The van der Waals surface area contributed by atoms with Gasteiger partial charge >= 0.3 is 5.97 Å². The van der Waals surface area contributed by atoms with Crippen LogP contribution in [-0.2, 0) is 14.8 Å². The third kappa shape index (κ3) is 4.30. The largest absolute Gasteiger partial charge is 0.463 e. The van der Waals surface area contributed by atoms with Crippen LogP contribution in [0.5, 0.6) is 0 Å². The fourth-order valence-corrected chi connectivity index (χ4v) is 2.06. The van der Waals surface area contributed by atoms with Crippen molar-refractivity contribution in [2.75, 3.05) is 20.2 Å². The Morgan fingerprint density at radius 2 is 2.17 bits per heavy atom. The summed E-state index contributed by atoms with van der Waals surface area (Å²) in [5, 5.41) is -0.324. The molecule has 3 N–H and O–H groups in total. The zero-order valence-corrected chi connectivity index (χ0v) is 11.3. The van der Waals surface area contributed by atoms with Gasteiger partial charge in [0.1, 0.15) is 0 Å². The first-order valence-electron chi connectivity index (χ1n) is 4.89. The molecule has 0 unspecified atom stereocenters. The van der Waals surface area contributed by atoms with Crippen LogP contribution in [0.3, 0.4) is 0 Å². The molecule has 9 heteroatoms. The number of nitrogens with one attached hydrogen (secondary N) is 1. The molecule has 1 aromatic heterocycles. The molecule has 0 aliphatic rings. The lowest BCUT2D eigenvalue weighted by Crippen LogP contribution is -2.25. The smallest absolute Gasteiger partial charge is 0.374 e. The van der Waals surface area contributed by atoms with Crippen LogP contribution in [0.25, 0.3) is 0 Å². The number of methoxy groups -OCH3 is 1. The number of furan rings is 1. The molecule has 0 aromatic carbocycles. The number of nitrogens with two attached hydrogens (primary N) is 1. The van der Waals surface area contributed by atoms with Crippen LogP contribution in [0.1, 0.15) is 17.0 Å². The maximum Gasteiger partial charge on any atom is 0.374 e. The summed E-state index contributed by atoms with van der Waals surface area (Å²) in [7, 11) is -2.55. The highest BCUT2D eigenvalue weighted by atomic mass is 35.5. The highest BCUT2D eigenvalue weighted by Gasteiger charge is 2.20. The van der Waals surface area contributed by atoms with Crippen LogP contribution >= 0.6 is 12.4 Å². The molecule has 0 saturated carbocycles. The van der Waals surface area contributed by atoms with Crippen molar-refractivity contribution in [1.29, 1.82) is 0 Å². The number of ether oxygens (including phenoxy) is 1. The first-order valence-corrected chi connectivity index (χ1v) is 6.37. The fraction of sp³-hybridized carbons (Fsp3) is 0.444. The lowest BCUT2D eigenvalue weighted by atomic mass is 10.4. The van der Waals surface area contributed by atoms with E-state index in [0.29, 0.717) is 13.0 Å². The van der Waals surface area contributed by atoms with Gasteiger partial charge in [-0.3, -0.25) is 0 Å². The van der Waals surface area contributed by atoms with Gasteiger partial charge in [0, 0.05) is 6.54 Å². The van der Waals surface area contributed by atoms with Gasteiger partial charge in [0.15, 0.2) is 0 Å². The van der Waals surface area contributed by atoms with Crippen molar-refractivity contribution in [3.8, 4) is 0 Å². The van der Waals surface area contributed by atoms with E-state index in [1.165, 1.54) is 19.2 Å². The van der Waals surface area contributed by atoms with E-state index >= 15 is 0 Å². The van der Waals surface area contributed by atoms with Gasteiger partial charge in [-0.15, -0.1) is 12.4 Å². The van der Waals surface area contributed by atoms with Gasteiger partial charge in [-0.25, -0.2) is 17.9 Å². The zero-order valence-electron chi connectivity index (χ0n) is 9.71. The minimum Gasteiger partial charge on any atom is -0.463 e. The van der Waals surface area contributed by atoms with Crippen molar-refractivity contribution >= 4 is 28.4 Å². The van der Waals surface area contributed by atoms with E-state index < -0.39 is 16.0 Å². The molecule has 0 amide bonds. The van der Waals surface area contributed by atoms with Crippen molar-refractivity contribution in [1.82, 2.24) is 4.72 Å². The Labute approximate surface area is 111 Å². The van der Waals surface area contributed by atoms with Crippen molar-refractivity contribution in [2.45, 2.75) is 11.5 Å². The molecule has 0 radical (unpaired) electrons. The van der Waals surface area contributed by atoms with Gasteiger partial charge in [0.05, 0.1) is 7.11 Å². The van der Waals surface area contributed by atoms with Gasteiger partial charge in [-0.05, 0) is 25.1 Å². The Morgan fingerprint density at radius 1 is 1.50 bits per heavy atom. The van der Waals surface area contributed by atoms with Gasteiger partial charge in [0.25, 0.3) is 10.0 Å². The minimum atomic E-state index is -3.73. The van der Waals surface area contributed by atoms with Gasteiger partial charge < -0.3 is 14.9 Å². The summed E-state index contributed by atoms with van der Waals surface area (Å²) in [4.78, 5) is 11.1. The lowest BCUT2D eigenvalue weighted by molar-refractivity contribution is 0.0559. The van der Waals surface area contributed by atoms with Crippen LogP contribution in [-0.4, -0.2) is 34.6 Å². The first-order chi connectivity index (χ1) is 8.01. The molecule has 0 saturated heterocycles. The molecule has 18 heavy (non-hydrogen) atoms. The molecule has 0 atom stereocenters. The Balaban J connectivity index is 0.00000289. The third-order valence-corrected chi connectivity index (χ3v) is 3.24. The minimum absolute atomic E-state index is 0. The topological polar surface area (TPSA) is 112 Å². The Bertz CT molecular complexity index is 485. The molecule has 0 bridgehead atoms. The maximum absolute atomic E-state index is 11.6. The molecule has 0 spiro atoms. The molecule has 7 nitrogen and oxygen atoms in total. The standard InChI is InChI=1S/C9H14N2O5S.ClH/c1-15-9(12)7-3-4-8(16-7)17(13,14)11-6-2-5-10;/h3-4,11H,2,5-6,10H2,1H3;1H. The Morgan fingerprint density at radius 3 is 2.72 bits per heavy atom. The number of carbonyl (C=O) groups is 1. The van der Waals surface area contributed by atoms with E-state index in [1.807, 2.05) is 0 Å². The van der Waals surface area contributed by atoms with Crippen LogP contribution in [0.4, 0.5) is 0 Å².